The van der Waals surface area contributed by atoms with Gasteiger partial charge in [0.05, 0.1) is 5.69 Å². The van der Waals surface area contributed by atoms with Crippen LogP contribution >= 0.6 is 11.6 Å². The number of aromatic nitrogens is 1. The number of halogens is 1. The standard InChI is InChI=1S/C12H17ClN2/c1-10-3-2-4-11(14-10)9-15(8-7-13)12-5-6-12/h2-4,12H,5-9H2,1H3. The van der Waals surface area contributed by atoms with Crippen molar-refractivity contribution in [3.8, 4) is 0 Å². The smallest absolute Gasteiger partial charge is 0.0547 e. The molecule has 0 unspecified atom stereocenters. The summed E-state index contributed by atoms with van der Waals surface area (Å²) in [6.45, 7) is 3.95. The van der Waals surface area contributed by atoms with Crippen LogP contribution in [0.5, 0.6) is 0 Å². The minimum Gasteiger partial charge on any atom is -0.293 e. The van der Waals surface area contributed by atoms with E-state index in [0.717, 1.165) is 30.5 Å². The Labute approximate surface area is 96.3 Å². The fourth-order valence-corrected chi connectivity index (χ4v) is 2.05. The lowest BCUT2D eigenvalue weighted by molar-refractivity contribution is 0.267. The molecule has 0 saturated heterocycles. The number of pyridine rings is 1. The van der Waals surface area contributed by atoms with Crippen LogP contribution in [0.25, 0.3) is 0 Å². The average molecular weight is 225 g/mol. The van der Waals surface area contributed by atoms with Gasteiger partial charge in [0.25, 0.3) is 0 Å². The van der Waals surface area contributed by atoms with Gasteiger partial charge in [-0.3, -0.25) is 9.88 Å². The van der Waals surface area contributed by atoms with E-state index in [-0.39, 0.29) is 0 Å². The molecule has 2 nitrogen and oxygen atoms in total. The highest BCUT2D eigenvalue weighted by atomic mass is 35.5. The zero-order valence-electron chi connectivity index (χ0n) is 9.12. The van der Waals surface area contributed by atoms with E-state index in [1.54, 1.807) is 0 Å². The Morgan fingerprint density at radius 3 is 2.87 bits per heavy atom. The van der Waals surface area contributed by atoms with Crippen molar-refractivity contribution in [1.82, 2.24) is 9.88 Å². The number of aryl methyl sites for hydroxylation is 1. The monoisotopic (exact) mass is 224 g/mol. The number of hydrogen-bond acceptors (Lipinski definition) is 2. The molecule has 82 valence electrons. The molecule has 1 fully saturated rings. The van der Waals surface area contributed by atoms with Crippen LogP contribution in [0.2, 0.25) is 0 Å². The third kappa shape index (κ3) is 3.18. The molecule has 0 amide bonds. The number of rotatable bonds is 5. The summed E-state index contributed by atoms with van der Waals surface area (Å²) in [6.07, 6.45) is 2.64. The highest BCUT2D eigenvalue weighted by molar-refractivity contribution is 6.18. The summed E-state index contributed by atoms with van der Waals surface area (Å²) in [4.78, 5) is 6.96. The van der Waals surface area contributed by atoms with E-state index in [1.807, 2.05) is 13.0 Å². The van der Waals surface area contributed by atoms with Gasteiger partial charge in [-0.05, 0) is 31.9 Å². The van der Waals surface area contributed by atoms with Crippen LogP contribution in [-0.4, -0.2) is 28.4 Å². The van der Waals surface area contributed by atoms with Crippen LogP contribution < -0.4 is 0 Å². The van der Waals surface area contributed by atoms with Gasteiger partial charge in [0, 0.05) is 30.7 Å². The van der Waals surface area contributed by atoms with Gasteiger partial charge in [0.1, 0.15) is 0 Å². The third-order valence-electron chi connectivity index (χ3n) is 2.75. The number of nitrogens with zero attached hydrogens (tertiary/aromatic N) is 2. The molecule has 0 spiro atoms. The Balaban J connectivity index is 1.98. The minimum atomic E-state index is 0.711. The van der Waals surface area contributed by atoms with Crippen molar-refractivity contribution in [3.05, 3.63) is 29.6 Å². The van der Waals surface area contributed by atoms with Gasteiger partial charge in [-0.25, -0.2) is 0 Å². The molecule has 1 heterocycles. The molecule has 0 aromatic carbocycles. The highest BCUT2D eigenvalue weighted by Gasteiger charge is 2.28. The zero-order valence-corrected chi connectivity index (χ0v) is 9.87. The molecule has 1 aliphatic carbocycles. The fraction of sp³-hybridized carbons (Fsp3) is 0.583. The number of hydrogen-bond donors (Lipinski definition) is 0. The first-order valence-electron chi connectivity index (χ1n) is 5.52. The van der Waals surface area contributed by atoms with Crippen LogP contribution in [0, 0.1) is 6.92 Å². The molecule has 1 saturated carbocycles. The van der Waals surface area contributed by atoms with Crippen molar-refractivity contribution < 1.29 is 0 Å². The summed E-state index contributed by atoms with van der Waals surface area (Å²) < 4.78 is 0. The topological polar surface area (TPSA) is 16.1 Å². The lowest BCUT2D eigenvalue weighted by Crippen LogP contribution is -2.28. The van der Waals surface area contributed by atoms with Crippen molar-refractivity contribution >= 4 is 11.6 Å². The highest BCUT2D eigenvalue weighted by Crippen LogP contribution is 2.27. The van der Waals surface area contributed by atoms with Crippen molar-refractivity contribution in [3.63, 3.8) is 0 Å². The molecule has 2 rings (SSSR count). The zero-order chi connectivity index (χ0) is 10.7. The molecule has 0 N–H and O–H groups in total. The number of alkyl halides is 1. The lowest BCUT2D eigenvalue weighted by Gasteiger charge is -2.20. The van der Waals surface area contributed by atoms with E-state index in [0.29, 0.717) is 5.88 Å². The Morgan fingerprint density at radius 2 is 2.27 bits per heavy atom. The lowest BCUT2D eigenvalue weighted by atomic mass is 10.3. The summed E-state index contributed by atoms with van der Waals surface area (Å²) in [5.74, 6) is 0.711. The predicted molar refractivity (Wildman–Crippen MR) is 63.1 cm³/mol. The van der Waals surface area contributed by atoms with E-state index in [4.69, 9.17) is 11.6 Å². The van der Waals surface area contributed by atoms with Crippen LogP contribution in [0.4, 0.5) is 0 Å². The molecular weight excluding hydrogens is 208 g/mol. The van der Waals surface area contributed by atoms with Gasteiger partial charge in [-0.1, -0.05) is 6.07 Å². The van der Waals surface area contributed by atoms with E-state index in [9.17, 15) is 0 Å². The molecule has 0 radical (unpaired) electrons. The SMILES string of the molecule is Cc1cccc(CN(CCCl)C2CC2)n1. The molecule has 0 aliphatic heterocycles. The van der Waals surface area contributed by atoms with Crippen molar-refractivity contribution in [1.29, 1.82) is 0 Å². The maximum atomic E-state index is 5.80. The summed E-state index contributed by atoms with van der Waals surface area (Å²) in [5.41, 5.74) is 2.25. The van der Waals surface area contributed by atoms with Gasteiger partial charge in [-0.15, -0.1) is 11.6 Å². The second kappa shape index (κ2) is 4.95. The predicted octanol–water partition coefficient (Wildman–Crippen LogP) is 2.59. The van der Waals surface area contributed by atoms with Crippen LogP contribution in [-0.2, 0) is 6.54 Å². The van der Waals surface area contributed by atoms with Gasteiger partial charge >= 0.3 is 0 Å². The molecule has 1 aromatic rings. The molecule has 1 aliphatic rings. The molecule has 3 heteroatoms. The van der Waals surface area contributed by atoms with Crippen LogP contribution in [0.1, 0.15) is 24.2 Å². The Bertz CT molecular complexity index is 323. The maximum Gasteiger partial charge on any atom is 0.0547 e. The molecule has 0 atom stereocenters. The van der Waals surface area contributed by atoms with Gasteiger partial charge in [0.15, 0.2) is 0 Å². The minimum absolute atomic E-state index is 0.711. The average Bonchev–Trinajstić information content (AvgIpc) is 3.00. The third-order valence-corrected chi connectivity index (χ3v) is 2.92. The summed E-state index contributed by atoms with van der Waals surface area (Å²) in [6, 6.07) is 6.96. The van der Waals surface area contributed by atoms with Gasteiger partial charge in [0.2, 0.25) is 0 Å². The first-order chi connectivity index (χ1) is 7.29. The van der Waals surface area contributed by atoms with Crippen molar-refractivity contribution in [2.45, 2.75) is 32.4 Å². The van der Waals surface area contributed by atoms with E-state index < -0.39 is 0 Å². The maximum absolute atomic E-state index is 5.80. The quantitative estimate of drug-likeness (QED) is 0.715. The van der Waals surface area contributed by atoms with Crippen LogP contribution in [0.3, 0.4) is 0 Å². The Kier molecular flexibility index (Phi) is 3.60. The van der Waals surface area contributed by atoms with E-state index >= 15 is 0 Å². The summed E-state index contributed by atoms with van der Waals surface area (Å²) >= 11 is 5.80. The van der Waals surface area contributed by atoms with Crippen molar-refractivity contribution in [2.75, 3.05) is 12.4 Å². The largest absolute Gasteiger partial charge is 0.293 e. The normalized spacial score (nSPS) is 15.9. The second-order valence-corrected chi connectivity index (χ2v) is 4.54. The molecular formula is C12H17ClN2. The molecule has 1 aromatic heterocycles. The Morgan fingerprint density at radius 1 is 1.47 bits per heavy atom. The first kappa shape index (κ1) is 10.9. The molecule has 15 heavy (non-hydrogen) atoms. The second-order valence-electron chi connectivity index (χ2n) is 4.16. The van der Waals surface area contributed by atoms with Gasteiger partial charge < -0.3 is 0 Å². The first-order valence-corrected chi connectivity index (χ1v) is 6.05. The summed E-state index contributed by atoms with van der Waals surface area (Å²) in [5, 5.41) is 0. The molecule has 0 bridgehead atoms. The van der Waals surface area contributed by atoms with Crippen molar-refractivity contribution in [2.24, 2.45) is 0 Å². The summed E-state index contributed by atoms with van der Waals surface area (Å²) in [7, 11) is 0. The van der Waals surface area contributed by atoms with E-state index in [2.05, 4.69) is 22.0 Å². The Hall–Kier alpha value is -0.600. The fourth-order valence-electron chi connectivity index (χ4n) is 1.83. The van der Waals surface area contributed by atoms with Gasteiger partial charge in [-0.2, -0.15) is 0 Å². The van der Waals surface area contributed by atoms with E-state index in [1.165, 1.54) is 12.8 Å². The van der Waals surface area contributed by atoms with Crippen LogP contribution in [0.15, 0.2) is 18.2 Å².